The molecule has 0 bridgehead atoms. The zero-order valence-electron chi connectivity index (χ0n) is 13.3. The van der Waals surface area contributed by atoms with Gasteiger partial charge in [0.2, 0.25) is 0 Å². The van der Waals surface area contributed by atoms with Gasteiger partial charge < -0.3 is 15.2 Å². The third-order valence-corrected chi connectivity index (χ3v) is 5.01. The van der Waals surface area contributed by atoms with E-state index in [-0.39, 0.29) is 12.1 Å². The fraction of sp³-hybridized carbons (Fsp3) is 0.667. The highest BCUT2D eigenvalue weighted by Crippen LogP contribution is 2.55. The average Bonchev–Trinajstić information content (AvgIpc) is 2.91. The van der Waals surface area contributed by atoms with Crippen molar-refractivity contribution in [2.45, 2.75) is 43.8 Å². The number of carboxylic acid groups (broad SMARTS) is 1. The van der Waals surface area contributed by atoms with E-state index in [9.17, 15) is 23.1 Å². The molecule has 0 amide bonds. The lowest BCUT2D eigenvalue weighted by Crippen LogP contribution is -2.57. The standard InChI is InChI=1S/C15H19F3N4O3/c16-11(17)12(18)25-15(10-1-4-20-8-21-10)14(2-5-19-6-3-14)7-9(22-15)13(23)24/h1,4,8-9,11-12,19,22H,2-3,5-7H2,(H,23,24). The number of hydrogen-bond acceptors (Lipinski definition) is 6. The summed E-state index contributed by atoms with van der Waals surface area (Å²) >= 11 is 0. The van der Waals surface area contributed by atoms with E-state index in [0.29, 0.717) is 25.9 Å². The van der Waals surface area contributed by atoms with Gasteiger partial charge in [-0.05, 0) is 38.4 Å². The molecule has 3 rings (SSSR count). The van der Waals surface area contributed by atoms with Gasteiger partial charge >= 0.3 is 5.97 Å². The van der Waals surface area contributed by atoms with Gasteiger partial charge in [-0.15, -0.1) is 0 Å². The number of nitrogens with zero attached hydrogens (tertiary/aromatic N) is 2. The van der Waals surface area contributed by atoms with Crippen LogP contribution in [0.4, 0.5) is 13.2 Å². The number of aliphatic carboxylic acids is 1. The highest BCUT2D eigenvalue weighted by atomic mass is 19.3. The van der Waals surface area contributed by atoms with Crippen molar-refractivity contribution in [3.8, 4) is 0 Å². The molecule has 3 atom stereocenters. The van der Waals surface area contributed by atoms with E-state index in [1.165, 1.54) is 18.6 Å². The Morgan fingerprint density at radius 1 is 1.36 bits per heavy atom. The van der Waals surface area contributed by atoms with Gasteiger partial charge in [0.1, 0.15) is 12.4 Å². The van der Waals surface area contributed by atoms with Gasteiger partial charge in [0.05, 0.1) is 5.69 Å². The Bertz CT molecular complexity index is 615. The third-order valence-electron chi connectivity index (χ3n) is 5.01. The van der Waals surface area contributed by atoms with E-state index < -0.39 is 35.9 Å². The molecule has 3 heterocycles. The zero-order chi connectivity index (χ0) is 18.1. The molecule has 0 aliphatic carbocycles. The first-order valence-electron chi connectivity index (χ1n) is 7.98. The van der Waals surface area contributed by atoms with Gasteiger partial charge in [-0.3, -0.25) is 10.1 Å². The largest absolute Gasteiger partial charge is 0.480 e. The maximum atomic E-state index is 14.0. The molecule has 2 aliphatic rings. The second-order valence-corrected chi connectivity index (χ2v) is 6.35. The molecule has 0 saturated carbocycles. The minimum absolute atomic E-state index is 0.129. The molecule has 3 unspecified atom stereocenters. The first kappa shape index (κ1) is 18.0. The number of rotatable bonds is 5. The first-order valence-corrected chi connectivity index (χ1v) is 7.98. The van der Waals surface area contributed by atoms with E-state index in [0.717, 1.165) is 0 Å². The molecular formula is C15H19F3N4O3. The molecule has 25 heavy (non-hydrogen) atoms. The fourth-order valence-corrected chi connectivity index (χ4v) is 3.88. The van der Waals surface area contributed by atoms with Crippen molar-refractivity contribution in [3.63, 3.8) is 0 Å². The molecule has 0 radical (unpaired) electrons. The van der Waals surface area contributed by atoms with Crippen LogP contribution in [-0.2, 0) is 15.3 Å². The van der Waals surface area contributed by atoms with Crippen molar-refractivity contribution >= 4 is 5.97 Å². The Morgan fingerprint density at radius 2 is 2.08 bits per heavy atom. The van der Waals surface area contributed by atoms with Crippen LogP contribution in [0, 0.1) is 5.41 Å². The molecule has 1 spiro atoms. The molecular weight excluding hydrogens is 341 g/mol. The molecule has 3 N–H and O–H groups in total. The number of piperidine rings is 1. The van der Waals surface area contributed by atoms with Gasteiger partial charge in [-0.1, -0.05) is 0 Å². The summed E-state index contributed by atoms with van der Waals surface area (Å²) in [5.41, 5.74) is -2.50. The first-order chi connectivity index (χ1) is 11.9. The SMILES string of the molecule is O=C(O)C1CC2(CCNCC2)C(OC(F)C(F)F)(c2ccncn2)N1. The Kier molecular flexibility index (Phi) is 4.94. The van der Waals surface area contributed by atoms with Gasteiger partial charge in [-0.25, -0.2) is 23.1 Å². The number of carbonyl (C=O) groups is 1. The van der Waals surface area contributed by atoms with Gasteiger partial charge in [0.25, 0.3) is 12.8 Å². The van der Waals surface area contributed by atoms with Crippen LogP contribution < -0.4 is 10.6 Å². The quantitative estimate of drug-likeness (QED) is 0.721. The fourth-order valence-electron chi connectivity index (χ4n) is 3.88. The zero-order valence-corrected chi connectivity index (χ0v) is 13.3. The summed E-state index contributed by atoms with van der Waals surface area (Å²) < 4.78 is 44.9. The van der Waals surface area contributed by atoms with E-state index in [2.05, 4.69) is 20.6 Å². The topological polar surface area (TPSA) is 96.4 Å². The van der Waals surface area contributed by atoms with Crippen molar-refractivity contribution in [1.82, 2.24) is 20.6 Å². The molecule has 10 heteroatoms. The number of halogens is 3. The van der Waals surface area contributed by atoms with Gasteiger partial charge in [0.15, 0.2) is 5.72 Å². The summed E-state index contributed by atoms with van der Waals surface area (Å²) in [4.78, 5) is 19.4. The molecule has 138 valence electrons. The summed E-state index contributed by atoms with van der Waals surface area (Å²) in [5.74, 6) is -1.15. The second-order valence-electron chi connectivity index (χ2n) is 6.35. The van der Waals surface area contributed by atoms with Crippen LogP contribution in [0.1, 0.15) is 25.0 Å². The Balaban J connectivity index is 2.10. The van der Waals surface area contributed by atoms with E-state index >= 15 is 0 Å². The highest BCUT2D eigenvalue weighted by molar-refractivity contribution is 5.74. The van der Waals surface area contributed by atoms with Crippen LogP contribution in [-0.4, -0.2) is 53.0 Å². The van der Waals surface area contributed by atoms with Gasteiger partial charge in [0, 0.05) is 11.6 Å². The molecule has 1 aromatic rings. The predicted molar refractivity (Wildman–Crippen MR) is 79.4 cm³/mol. The summed E-state index contributed by atoms with van der Waals surface area (Å²) in [5, 5.41) is 15.3. The monoisotopic (exact) mass is 360 g/mol. The molecule has 2 aliphatic heterocycles. The normalized spacial score (nSPS) is 29.8. The smallest absolute Gasteiger partial charge is 0.320 e. The van der Waals surface area contributed by atoms with Crippen LogP contribution in [0.3, 0.4) is 0 Å². The van der Waals surface area contributed by atoms with Crippen LogP contribution >= 0.6 is 0 Å². The summed E-state index contributed by atoms with van der Waals surface area (Å²) in [6.45, 7) is 1.08. The average molecular weight is 360 g/mol. The van der Waals surface area contributed by atoms with Crippen molar-refractivity contribution in [3.05, 3.63) is 24.3 Å². The Morgan fingerprint density at radius 3 is 2.64 bits per heavy atom. The summed E-state index contributed by atoms with van der Waals surface area (Å²) in [7, 11) is 0. The number of hydrogen-bond donors (Lipinski definition) is 3. The van der Waals surface area contributed by atoms with Crippen LogP contribution in [0.5, 0.6) is 0 Å². The van der Waals surface area contributed by atoms with Crippen molar-refractivity contribution in [1.29, 1.82) is 0 Å². The minimum atomic E-state index is -3.36. The minimum Gasteiger partial charge on any atom is -0.480 e. The summed E-state index contributed by atoms with van der Waals surface area (Å²) in [6.07, 6.45) is -2.66. The molecule has 1 aromatic heterocycles. The van der Waals surface area contributed by atoms with Crippen molar-refractivity contribution in [2.24, 2.45) is 5.41 Å². The van der Waals surface area contributed by atoms with E-state index in [4.69, 9.17) is 4.74 Å². The highest BCUT2D eigenvalue weighted by Gasteiger charge is 2.63. The van der Waals surface area contributed by atoms with Crippen LogP contribution in [0.25, 0.3) is 0 Å². The van der Waals surface area contributed by atoms with Crippen LogP contribution in [0.2, 0.25) is 0 Å². The van der Waals surface area contributed by atoms with Crippen LogP contribution in [0.15, 0.2) is 18.6 Å². The van der Waals surface area contributed by atoms with E-state index in [1.807, 2.05) is 0 Å². The van der Waals surface area contributed by atoms with E-state index in [1.54, 1.807) is 0 Å². The lowest BCUT2D eigenvalue weighted by molar-refractivity contribution is -0.253. The number of nitrogens with one attached hydrogen (secondary N) is 2. The Hall–Kier alpha value is -1.78. The number of carboxylic acids is 1. The number of alkyl halides is 3. The van der Waals surface area contributed by atoms with Gasteiger partial charge in [-0.2, -0.15) is 0 Å². The third kappa shape index (κ3) is 3.09. The molecule has 2 saturated heterocycles. The summed E-state index contributed by atoms with van der Waals surface area (Å²) in [6, 6.07) is 0.372. The van der Waals surface area contributed by atoms with Crippen molar-refractivity contribution < 1.29 is 27.8 Å². The number of aromatic nitrogens is 2. The number of ether oxygens (including phenoxy) is 1. The van der Waals surface area contributed by atoms with Crippen molar-refractivity contribution in [2.75, 3.05) is 13.1 Å². The predicted octanol–water partition coefficient (Wildman–Crippen LogP) is 1.02. The maximum Gasteiger partial charge on any atom is 0.320 e. The lowest BCUT2D eigenvalue weighted by atomic mass is 9.68. The Labute approximate surface area is 142 Å². The maximum absolute atomic E-state index is 14.0. The molecule has 2 fully saturated rings. The second kappa shape index (κ2) is 6.85. The molecule has 0 aromatic carbocycles. The molecule has 7 nitrogen and oxygen atoms in total. The lowest BCUT2D eigenvalue weighted by Gasteiger charge is -2.47.